The molecule has 118 valence electrons. The molecule has 4 nitrogen and oxygen atoms in total. The molecule has 1 saturated heterocycles. The molecule has 0 bridgehead atoms. The summed E-state index contributed by atoms with van der Waals surface area (Å²) in [7, 11) is 4.16. The lowest BCUT2D eigenvalue weighted by atomic mass is 10.0. The molecule has 0 radical (unpaired) electrons. The van der Waals surface area contributed by atoms with Gasteiger partial charge in [0.25, 0.3) is 0 Å². The van der Waals surface area contributed by atoms with Gasteiger partial charge in [-0.25, -0.2) is 0 Å². The van der Waals surface area contributed by atoms with Gasteiger partial charge in [-0.05, 0) is 52.2 Å². The van der Waals surface area contributed by atoms with Crippen molar-refractivity contribution in [3.8, 4) is 0 Å². The van der Waals surface area contributed by atoms with E-state index in [1.807, 2.05) is 0 Å². The molecule has 1 fully saturated rings. The van der Waals surface area contributed by atoms with Crippen molar-refractivity contribution in [2.45, 2.75) is 65.7 Å². The quantitative estimate of drug-likeness (QED) is 0.778. The first-order valence-electron chi connectivity index (χ1n) is 7.97. The molecule has 1 heterocycles. The van der Waals surface area contributed by atoms with Crippen molar-refractivity contribution in [2.75, 3.05) is 20.6 Å². The second-order valence-corrected chi connectivity index (χ2v) is 7.22. The molecule has 1 rings (SSSR count). The smallest absolute Gasteiger partial charge is 0.241 e. The Morgan fingerprint density at radius 3 is 2.25 bits per heavy atom. The number of rotatable bonds is 7. The van der Waals surface area contributed by atoms with Crippen LogP contribution >= 0.6 is 0 Å². The van der Waals surface area contributed by atoms with E-state index >= 15 is 0 Å². The second kappa shape index (κ2) is 7.41. The van der Waals surface area contributed by atoms with Crippen LogP contribution in [0, 0.1) is 11.8 Å². The van der Waals surface area contributed by atoms with Gasteiger partial charge in [-0.1, -0.05) is 27.7 Å². The molecule has 1 amide bonds. The molecule has 0 aliphatic carbocycles. The van der Waals surface area contributed by atoms with Crippen LogP contribution in [-0.4, -0.2) is 54.6 Å². The third-order valence-electron chi connectivity index (χ3n) is 4.03. The standard InChI is InChI=1S/C16H33N3O/c1-11(2)10-14-16(20)19(15(17-14)12(3)4)13(5)8-9-18(6)7/h11-15,17H,8-10H2,1-7H3. The minimum atomic E-state index is 0.00389. The lowest BCUT2D eigenvalue weighted by Gasteiger charge is -2.33. The van der Waals surface area contributed by atoms with Crippen molar-refractivity contribution in [3.63, 3.8) is 0 Å². The van der Waals surface area contributed by atoms with Crippen LogP contribution in [0.3, 0.4) is 0 Å². The van der Waals surface area contributed by atoms with Crippen molar-refractivity contribution in [3.05, 3.63) is 0 Å². The zero-order valence-corrected chi connectivity index (χ0v) is 14.3. The number of nitrogens with one attached hydrogen (secondary N) is 1. The highest BCUT2D eigenvalue weighted by atomic mass is 16.2. The fraction of sp³-hybridized carbons (Fsp3) is 0.938. The molecule has 0 aromatic heterocycles. The summed E-state index contributed by atoms with van der Waals surface area (Å²) in [5.74, 6) is 1.28. The lowest BCUT2D eigenvalue weighted by Crippen LogP contribution is -2.47. The summed E-state index contributed by atoms with van der Waals surface area (Å²) in [5.41, 5.74) is 0. The Morgan fingerprint density at radius 2 is 1.80 bits per heavy atom. The SMILES string of the molecule is CC(C)CC1NC(C(C)C)N(C(C)CCN(C)C)C1=O. The molecule has 0 spiro atoms. The maximum Gasteiger partial charge on any atom is 0.241 e. The molecular formula is C16H33N3O. The van der Waals surface area contributed by atoms with Crippen LogP contribution in [0.1, 0.15) is 47.5 Å². The summed E-state index contributed by atoms with van der Waals surface area (Å²) >= 11 is 0. The molecule has 0 saturated carbocycles. The lowest BCUT2D eigenvalue weighted by molar-refractivity contribution is -0.133. The van der Waals surface area contributed by atoms with Crippen LogP contribution in [0.4, 0.5) is 0 Å². The second-order valence-electron chi connectivity index (χ2n) is 7.22. The van der Waals surface area contributed by atoms with Crippen molar-refractivity contribution >= 4 is 5.91 Å². The van der Waals surface area contributed by atoms with E-state index in [-0.39, 0.29) is 12.2 Å². The van der Waals surface area contributed by atoms with Crippen molar-refractivity contribution in [1.29, 1.82) is 0 Å². The maximum atomic E-state index is 12.7. The van der Waals surface area contributed by atoms with E-state index in [9.17, 15) is 4.79 Å². The third kappa shape index (κ3) is 4.45. The average molecular weight is 283 g/mol. The van der Waals surface area contributed by atoms with Crippen LogP contribution in [0.2, 0.25) is 0 Å². The van der Waals surface area contributed by atoms with Crippen molar-refractivity contribution in [1.82, 2.24) is 15.1 Å². The van der Waals surface area contributed by atoms with Crippen LogP contribution in [-0.2, 0) is 4.79 Å². The van der Waals surface area contributed by atoms with E-state index in [1.54, 1.807) is 0 Å². The Balaban J connectivity index is 2.76. The Kier molecular flexibility index (Phi) is 6.46. The molecule has 1 aliphatic heterocycles. The van der Waals surface area contributed by atoms with Gasteiger partial charge >= 0.3 is 0 Å². The van der Waals surface area contributed by atoms with Crippen molar-refractivity contribution < 1.29 is 4.79 Å². The average Bonchev–Trinajstić information content (AvgIpc) is 2.63. The molecule has 4 heteroatoms. The monoisotopic (exact) mass is 283 g/mol. The van der Waals surface area contributed by atoms with Gasteiger partial charge in [0.1, 0.15) is 0 Å². The first kappa shape index (κ1) is 17.4. The predicted molar refractivity (Wildman–Crippen MR) is 84.5 cm³/mol. The number of hydrogen-bond acceptors (Lipinski definition) is 3. The van der Waals surface area contributed by atoms with Gasteiger partial charge in [0.05, 0.1) is 12.2 Å². The van der Waals surface area contributed by atoms with Gasteiger partial charge in [0.15, 0.2) is 0 Å². The number of carbonyl (C=O) groups excluding carboxylic acids is 1. The molecular weight excluding hydrogens is 250 g/mol. The molecule has 1 N–H and O–H groups in total. The van der Waals surface area contributed by atoms with E-state index in [0.29, 0.717) is 23.8 Å². The molecule has 20 heavy (non-hydrogen) atoms. The first-order valence-corrected chi connectivity index (χ1v) is 7.97. The van der Waals surface area contributed by atoms with Crippen LogP contribution < -0.4 is 5.32 Å². The Hall–Kier alpha value is -0.610. The van der Waals surface area contributed by atoms with Crippen LogP contribution in [0.25, 0.3) is 0 Å². The number of hydrogen-bond donors (Lipinski definition) is 1. The molecule has 0 aromatic carbocycles. The maximum absolute atomic E-state index is 12.7. The zero-order chi connectivity index (χ0) is 15.4. The third-order valence-corrected chi connectivity index (χ3v) is 4.03. The fourth-order valence-corrected chi connectivity index (χ4v) is 2.90. The van der Waals surface area contributed by atoms with E-state index in [4.69, 9.17) is 0 Å². The number of amides is 1. The molecule has 3 unspecified atom stereocenters. The Labute approximate surface area is 124 Å². The van der Waals surface area contributed by atoms with Gasteiger partial charge in [0, 0.05) is 6.04 Å². The predicted octanol–water partition coefficient (Wildman–Crippen LogP) is 2.16. The topological polar surface area (TPSA) is 35.6 Å². The molecule has 0 aromatic rings. The summed E-state index contributed by atoms with van der Waals surface area (Å²) in [5, 5.41) is 3.55. The highest BCUT2D eigenvalue weighted by Gasteiger charge is 2.42. The van der Waals surface area contributed by atoms with E-state index in [1.165, 1.54) is 0 Å². The van der Waals surface area contributed by atoms with Gasteiger partial charge in [-0.15, -0.1) is 0 Å². The largest absolute Gasteiger partial charge is 0.323 e. The number of nitrogens with zero attached hydrogens (tertiary/aromatic N) is 2. The summed E-state index contributed by atoms with van der Waals surface area (Å²) in [4.78, 5) is 17.0. The zero-order valence-electron chi connectivity index (χ0n) is 14.3. The van der Waals surface area contributed by atoms with Gasteiger partial charge < -0.3 is 9.80 Å². The highest BCUT2D eigenvalue weighted by molar-refractivity contribution is 5.84. The van der Waals surface area contributed by atoms with Gasteiger partial charge in [-0.3, -0.25) is 10.1 Å². The van der Waals surface area contributed by atoms with E-state index in [0.717, 1.165) is 19.4 Å². The Bertz CT molecular complexity index is 315. The highest BCUT2D eigenvalue weighted by Crippen LogP contribution is 2.24. The van der Waals surface area contributed by atoms with Crippen LogP contribution in [0.15, 0.2) is 0 Å². The normalized spacial score (nSPS) is 25.3. The summed E-state index contributed by atoms with van der Waals surface area (Å²) in [6.07, 6.45) is 2.14. The number of carbonyl (C=O) groups is 1. The van der Waals surface area contributed by atoms with Crippen molar-refractivity contribution in [2.24, 2.45) is 11.8 Å². The van der Waals surface area contributed by atoms with Gasteiger partial charge in [0.2, 0.25) is 5.91 Å². The minimum absolute atomic E-state index is 0.00389. The fourth-order valence-electron chi connectivity index (χ4n) is 2.90. The molecule has 3 atom stereocenters. The summed E-state index contributed by atoms with van der Waals surface area (Å²) in [6.45, 7) is 11.9. The summed E-state index contributed by atoms with van der Waals surface area (Å²) in [6, 6.07) is 0.297. The van der Waals surface area contributed by atoms with Crippen LogP contribution in [0.5, 0.6) is 0 Å². The first-order chi connectivity index (χ1) is 9.23. The Morgan fingerprint density at radius 1 is 1.20 bits per heavy atom. The summed E-state index contributed by atoms with van der Waals surface area (Å²) < 4.78 is 0. The molecule has 1 aliphatic rings. The minimum Gasteiger partial charge on any atom is -0.323 e. The van der Waals surface area contributed by atoms with Gasteiger partial charge in [-0.2, -0.15) is 0 Å². The van der Waals surface area contributed by atoms with E-state index < -0.39 is 0 Å². The van der Waals surface area contributed by atoms with E-state index in [2.05, 4.69) is 63.8 Å².